The average Bonchev–Trinajstić information content (AvgIpc) is 2.67. The van der Waals surface area contributed by atoms with Gasteiger partial charge in [0.25, 0.3) is 0 Å². The molecule has 1 aromatic heterocycles. The Balaban J connectivity index is 1.58. The minimum absolute atomic E-state index is 0.146. The van der Waals surface area contributed by atoms with E-state index in [1.54, 1.807) is 31.6 Å². The molecule has 8 heteroatoms. The summed E-state index contributed by atoms with van der Waals surface area (Å²) >= 11 is 7.38. The van der Waals surface area contributed by atoms with E-state index in [1.807, 2.05) is 6.07 Å². The summed E-state index contributed by atoms with van der Waals surface area (Å²) in [6.45, 7) is 4.31. The summed E-state index contributed by atoms with van der Waals surface area (Å²) in [6.07, 6.45) is 3.92. The van der Waals surface area contributed by atoms with Gasteiger partial charge in [0.1, 0.15) is 22.9 Å². The van der Waals surface area contributed by atoms with E-state index in [-0.39, 0.29) is 11.7 Å². The Kier molecular flexibility index (Phi) is 6.79. The number of anilines is 2. The second-order valence-electron chi connectivity index (χ2n) is 6.57. The van der Waals surface area contributed by atoms with Crippen LogP contribution < -0.4 is 15.0 Å². The van der Waals surface area contributed by atoms with Crippen LogP contribution in [0.15, 0.2) is 35.6 Å². The predicted octanol–water partition coefficient (Wildman–Crippen LogP) is 4.11. The first-order valence-electron chi connectivity index (χ1n) is 8.88. The molecule has 1 aliphatic heterocycles. The molecule has 1 fully saturated rings. The van der Waals surface area contributed by atoms with Gasteiger partial charge in [0.05, 0.1) is 18.6 Å². The summed E-state index contributed by atoms with van der Waals surface area (Å²) < 4.78 is 5.25. The molecule has 0 spiro atoms. The number of carbonyl (C=O) groups is 1. The minimum atomic E-state index is -0.146. The number of piperidine rings is 1. The van der Waals surface area contributed by atoms with Crippen LogP contribution in [0.4, 0.5) is 11.5 Å². The molecule has 3 rings (SSSR count). The molecule has 0 unspecified atom stereocenters. The van der Waals surface area contributed by atoms with Crippen molar-refractivity contribution in [2.75, 3.05) is 36.2 Å². The molecule has 144 valence electrons. The normalized spacial score (nSPS) is 14.9. The van der Waals surface area contributed by atoms with Gasteiger partial charge in [-0.3, -0.25) is 4.79 Å². The van der Waals surface area contributed by atoms with E-state index >= 15 is 0 Å². The van der Waals surface area contributed by atoms with Gasteiger partial charge >= 0.3 is 0 Å². The highest BCUT2D eigenvalue weighted by Gasteiger charge is 2.17. The fourth-order valence-corrected chi connectivity index (χ4v) is 3.76. The fraction of sp³-hybridized carbons (Fsp3) is 0.421. The van der Waals surface area contributed by atoms with Crippen molar-refractivity contribution >= 4 is 40.8 Å². The van der Waals surface area contributed by atoms with E-state index < -0.39 is 0 Å². The summed E-state index contributed by atoms with van der Waals surface area (Å²) in [6, 6.07) is 7.06. The number of benzene rings is 1. The van der Waals surface area contributed by atoms with Crippen LogP contribution in [0.3, 0.4) is 0 Å². The second kappa shape index (κ2) is 9.28. The number of carbonyl (C=O) groups excluding carboxylic acids is 1. The smallest absolute Gasteiger partial charge is 0.234 e. The zero-order valence-corrected chi connectivity index (χ0v) is 17.0. The molecule has 1 saturated heterocycles. The van der Waals surface area contributed by atoms with Crippen LogP contribution in [-0.4, -0.2) is 41.8 Å². The van der Waals surface area contributed by atoms with Crippen molar-refractivity contribution in [3.05, 3.63) is 35.6 Å². The molecule has 1 aromatic carbocycles. The third kappa shape index (κ3) is 5.49. The predicted molar refractivity (Wildman–Crippen MR) is 110 cm³/mol. The number of ether oxygens (including phenoxy) is 1. The molecule has 0 atom stereocenters. The van der Waals surface area contributed by atoms with Gasteiger partial charge < -0.3 is 15.0 Å². The number of rotatable bonds is 6. The Bertz CT molecular complexity index is 797. The van der Waals surface area contributed by atoms with Crippen molar-refractivity contribution in [2.45, 2.75) is 24.8 Å². The first kappa shape index (κ1) is 19.8. The lowest BCUT2D eigenvalue weighted by molar-refractivity contribution is -0.113. The number of aromatic nitrogens is 2. The van der Waals surface area contributed by atoms with E-state index in [9.17, 15) is 4.79 Å². The molecule has 0 radical (unpaired) electrons. The fourth-order valence-electron chi connectivity index (χ4n) is 2.92. The van der Waals surface area contributed by atoms with E-state index in [0.717, 1.165) is 29.9 Å². The average molecular weight is 407 g/mol. The van der Waals surface area contributed by atoms with Gasteiger partial charge in [-0.1, -0.05) is 30.3 Å². The van der Waals surface area contributed by atoms with E-state index in [0.29, 0.717) is 16.5 Å². The highest BCUT2D eigenvalue weighted by atomic mass is 35.5. The van der Waals surface area contributed by atoms with Crippen molar-refractivity contribution < 1.29 is 9.53 Å². The molecule has 0 aliphatic carbocycles. The number of hydrogen-bond acceptors (Lipinski definition) is 6. The summed E-state index contributed by atoms with van der Waals surface area (Å²) in [4.78, 5) is 23.2. The molecule has 1 amide bonds. The molecule has 6 nitrogen and oxygen atoms in total. The first-order valence-corrected chi connectivity index (χ1v) is 10.2. The van der Waals surface area contributed by atoms with Crippen LogP contribution in [0.25, 0.3) is 0 Å². The number of nitrogens with one attached hydrogen (secondary N) is 1. The Labute approximate surface area is 168 Å². The highest BCUT2D eigenvalue weighted by molar-refractivity contribution is 7.99. The van der Waals surface area contributed by atoms with Gasteiger partial charge in [0.15, 0.2) is 0 Å². The van der Waals surface area contributed by atoms with Gasteiger partial charge in [0, 0.05) is 24.2 Å². The summed E-state index contributed by atoms with van der Waals surface area (Å²) in [7, 11) is 1.55. The minimum Gasteiger partial charge on any atom is -0.495 e. The van der Waals surface area contributed by atoms with Crippen LogP contribution in [0.5, 0.6) is 5.75 Å². The largest absolute Gasteiger partial charge is 0.495 e. The number of nitrogens with zero attached hydrogens (tertiary/aromatic N) is 3. The molecule has 0 bridgehead atoms. The van der Waals surface area contributed by atoms with E-state index in [4.69, 9.17) is 16.3 Å². The Morgan fingerprint density at radius 3 is 2.85 bits per heavy atom. The second-order valence-corrected chi connectivity index (χ2v) is 8.00. The monoisotopic (exact) mass is 406 g/mol. The van der Waals surface area contributed by atoms with Crippen molar-refractivity contribution in [1.29, 1.82) is 0 Å². The Morgan fingerprint density at radius 2 is 2.11 bits per heavy atom. The molecule has 27 heavy (non-hydrogen) atoms. The summed E-state index contributed by atoms with van der Waals surface area (Å²) in [5.41, 5.74) is 0.557. The third-order valence-corrected chi connectivity index (χ3v) is 5.68. The van der Waals surface area contributed by atoms with Crippen LogP contribution in [-0.2, 0) is 4.79 Å². The molecular weight excluding hydrogens is 384 g/mol. The molecular formula is C19H23ClN4O2S. The molecule has 2 heterocycles. The van der Waals surface area contributed by atoms with Crippen LogP contribution >= 0.6 is 23.4 Å². The number of hydrogen-bond donors (Lipinski definition) is 1. The maximum Gasteiger partial charge on any atom is 0.234 e. The van der Waals surface area contributed by atoms with Crippen LogP contribution in [0.1, 0.15) is 19.8 Å². The number of methoxy groups -OCH3 is 1. The topological polar surface area (TPSA) is 67.3 Å². The zero-order chi connectivity index (χ0) is 19.2. The zero-order valence-electron chi connectivity index (χ0n) is 15.4. The van der Waals surface area contributed by atoms with E-state index in [2.05, 4.69) is 27.1 Å². The maximum absolute atomic E-state index is 12.3. The summed E-state index contributed by atoms with van der Waals surface area (Å²) in [5.74, 6) is 2.36. The van der Waals surface area contributed by atoms with Crippen molar-refractivity contribution in [2.24, 2.45) is 5.92 Å². The van der Waals surface area contributed by atoms with Gasteiger partial charge in [0.2, 0.25) is 5.91 Å². The molecule has 1 N–H and O–H groups in total. The Morgan fingerprint density at radius 1 is 1.33 bits per heavy atom. The highest BCUT2D eigenvalue weighted by Crippen LogP contribution is 2.28. The van der Waals surface area contributed by atoms with Crippen LogP contribution in [0.2, 0.25) is 5.02 Å². The van der Waals surface area contributed by atoms with Crippen molar-refractivity contribution in [3.8, 4) is 5.75 Å². The number of amides is 1. The lowest BCUT2D eigenvalue weighted by Crippen LogP contribution is -2.33. The van der Waals surface area contributed by atoms with Gasteiger partial charge in [-0.15, -0.1) is 0 Å². The number of halogens is 1. The lowest BCUT2D eigenvalue weighted by atomic mass is 9.99. The van der Waals surface area contributed by atoms with Crippen molar-refractivity contribution in [3.63, 3.8) is 0 Å². The third-order valence-electron chi connectivity index (χ3n) is 4.52. The molecule has 1 aliphatic rings. The Hall–Kier alpha value is -1.99. The van der Waals surface area contributed by atoms with Gasteiger partial charge in [-0.2, -0.15) is 0 Å². The first-order chi connectivity index (χ1) is 13.0. The van der Waals surface area contributed by atoms with Gasteiger partial charge in [-0.25, -0.2) is 9.97 Å². The van der Waals surface area contributed by atoms with E-state index in [1.165, 1.54) is 24.6 Å². The SMILES string of the molecule is COc1ccc(Cl)cc1NC(=O)CSc1cc(N2CCC(C)CC2)ncn1. The quantitative estimate of drug-likeness (QED) is 0.575. The summed E-state index contributed by atoms with van der Waals surface area (Å²) in [5, 5.41) is 4.15. The standard InChI is InChI=1S/C19H23ClN4O2S/c1-13-5-7-24(8-6-13)17-10-19(22-12-21-17)27-11-18(25)23-15-9-14(20)3-4-16(15)26-2/h3-4,9-10,12-13H,5-8,11H2,1-2H3,(H,23,25). The molecule has 2 aromatic rings. The molecule has 0 saturated carbocycles. The maximum atomic E-state index is 12.3. The van der Waals surface area contributed by atoms with Gasteiger partial charge in [-0.05, 0) is 37.0 Å². The van der Waals surface area contributed by atoms with Crippen molar-refractivity contribution in [1.82, 2.24) is 9.97 Å². The number of thioether (sulfide) groups is 1. The lowest BCUT2D eigenvalue weighted by Gasteiger charge is -2.31. The van der Waals surface area contributed by atoms with Crippen LogP contribution in [0, 0.1) is 5.92 Å².